The molecule has 0 saturated heterocycles. The molecule has 6 heteroatoms. The van der Waals surface area contributed by atoms with Gasteiger partial charge in [-0.05, 0) is 12.1 Å². The van der Waals surface area contributed by atoms with Gasteiger partial charge in [0.1, 0.15) is 4.90 Å². The molecule has 0 amide bonds. The van der Waals surface area contributed by atoms with E-state index in [-0.39, 0.29) is 17.4 Å². The van der Waals surface area contributed by atoms with Gasteiger partial charge >= 0.3 is 0 Å². The van der Waals surface area contributed by atoms with Gasteiger partial charge in [0.2, 0.25) is 6.79 Å². The molecule has 1 N–H and O–H groups in total. The highest BCUT2D eigenvalue weighted by atomic mass is 32.2. The molecule has 0 saturated carbocycles. The Labute approximate surface area is 74.6 Å². The lowest BCUT2D eigenvalue weighted by Gasteiger charge is -2.00. The van der Waals surface area contributed by atoms with Gasteiger partial charge in [-0.15, -0.1) is 0 Å². The van der Waals surface area contributed by atoms with Gasteiger partial charge in [0.25, 0.3) is 10.1 Å². The van der Waals surface area contributed by atoms with Gasteiger partial charge in [-0.2, -0.15) is 8.42 Å². The molecule has 1 heterocycles. The second-order valence-electron chi connectivity index (χ2n) is 2.47. The van der Waals surface area contributed by atoms with Crippen LogP contribution in [-0.2, 0) is 10.1 Å². The van der Waals surface area contributed by atoms with Crippen LogP contribution in [0, 0.1) is 0 Å². The third-order valence-corrected chi connectivity index (χ3v) is 2.52. The topological polar surface area (TPSA) is 72.8 Å². The van der Waals surface area contributed by atoms with Crippen LogP contribution < -0.4 is 9.47 Å². The van der Waals surface area contributed by atoms with Crippen LogP contribution >= 0.6 is 0 Å². The molecule has 5 nitrogen and oxygen atoms in total. The van der Waals surface area contributed by atoms with E-state index in [1.165, 1.54) is 12.1 Å². The van der Waals surface area contributed by atoms with Gasteiger partial charge in [0, 0.05) is 0 Å². The third kappa shape index (κ3) is 1.34. The molecule has 0 radical (unpaired) electrons. The Morgan fingerprint density at radius 1 is 1.31 bits per heavy atom. The standard InChI is InChI=1S/C7H6O5S/c8-13(9,10)6-3-1-2-5-7(6)12-4-11-5/h1-3H,4H2,(H,8,9,10). The maximum Gasteiger partial charge on any atom is 0.298 e. The molecule has 0 atom stereocenters. The summed E-state index contributed by atoms with van der Waals surface area (Å²) in [6.07, 6.45) is 0. The van der Waals surface area contributed by atoms with Crippen molar-refractivity contribution in [3.63, 3.8) is 0 Å². The molecule has 0 spiro atoms. The summed E-state index contributed by atoms with van der Waals surface area (Å²) in [4.78, 5) is -0.262. The van der Waals surface area contributed by atoms with Gasteiger partial charge < -0.3 is 9.47 Å². The van der Waals surface area contributed by atoms with Crippen molar-refractivity contribution in [2.75, 3.05) is 6.79 Å². The zero-order valence-corrected chi connectivity index (χ0v) is 7.24. The highest BCUT2D eigenvalue weighted by Crippen LogP contribution is 2.37. The van der Waals surface area contributed by atoms with Crippen LogP contribution in [0.25, 0.3) is 0 Å². The minimum absolute atomic E-state index is 0.0259. The molecule has 13 heavy (non-hydrogen) atoms. The largest absolute Gasteiger partial charge is 0.454 e. The van der Waals surface area contributed by atoms with Crippen molar-refractivity contribution in [1.82, 2.24) is 0 Å². The average molecular weight is 202 g/mol. The van der Waals surface area contributed by atoms with Gasteiger partial charge in [-0.25, -0.2) is 0 Å². The number of benzene rings is 1. The quantitative estimate of drug-likeness (QED) is 0.677. The Kier molecular flexibility index (Phi) is 1.67. The van der Waals surface area contributed by atoms with E-state index in [0.29, 0.717) is 5.75 Å². The molecule has 1 aliphatic rings. The van der Waals surface area contributed by atoms with E-state index in [1.54, 1.807) is 6.07 Å². The van der Waals surface area contributed by atoms with Crippen LogP contribution in [0.5, 0.6) is 11.5 Å². The van der Waals surface area contributed by atoms with E-state index in [1.807, 2.05) is 0 Å². The molecule has 1 aromatic rings. The van der Waals surface area contributed by atoms with Crippen molar-refractivity contribution in [3.8, 4) is 11.5 Å². The maximum atomic E-state index is 10.8. The van der Waals surface area contributed by atoms with E-state index >= 15 is 0 Å². The first kappa shape index (κ1) is 8.33. The van der Waals surface area contributed by atoms with Crippen molar-refractivity contribution in [3.05, 3.63) is 18.2 Å². The molecular weight excluding hydrogens is 196 g/mol. The molecule has 0 bridgehead atoms. The Balaban J connectivity index is 2.67. The number of hydrogen-bond acceptors (Lipinski definition) is 4. The summed E-state index contributed by atoms with van der Waals surface area (Å²) in [6, 6.07) is 4.29. The fraction of sp³-hybridized carbons (Fsp3) is 0.143. The predicted octanol–water partition coefficient (Wildman–Crippen LogP) is 0.662. The van der Waals surface area contributed by atoms with Gasteiger partial charge in [-0.3, -0.25) is 4.55 Å². The van der Waals surface area contributed by atoms with Crippen LogP contribution in [0.15, 0.2) is 23.1 Å². The molecule has 0 aromatic heterocycles. The SMILES string of the molecule is O=S(=O)(O)c1cccc2c1OCO2. The van der Waals surface area contributed by atoms with Crippen LogP contribution in [0.4, 0.5) is 0 Å². The molecule has 1 aliphatic heterocycles. The van der Waals surface area contributed by atoms with Gasteiger partial charge in [0.05, 0.1) is 0 Å². The molecule has 0 unspecified atom stereocenters. The van der Waals surface area contributed by atoms with E-state index in [0.717, 1.165) is 0 Å². The lowest BCUT2D eigenvalue weighted by Crippen LogP contribution is -2.00. The maximum absolute atomic E-state index is 10.8. The van der Waals surface area contributed by atoms with E-state index in [9.17, 15) is 8.42 Å². The van der Waals surface area contributed by atoms with Crippen LogP contribution in [-0.4, -0.2) is 19.8 Å². The Morgan fingerprint density at radius 2 is 2.08 bits per heavy atom. The number of fused-ring (bicyclic) bond motifs is 1. The van der Waals surface area contributed by atoms with Crippen molar-refractivity contribution < 1.29 is 22.4 Å². The fourth-order valence-electron chi connectivity index (χ4n) is 1.11. The second-order valence-corrected chi connectivity index (χ2v) is 3.85. The Morgan fingerprint density at radius 3 is 2.77 bits per heavy atom. The minimum atomic E-state index is -4.23. The number of ether oxygens (including phenoxy) is 2. The van der Waals surface area contributed by atoms with Crippen molar-refractivity contribution in [2.45, 2.75) is 4.90 Å². The molecule has 70 valence electrons. The summed E-state index contributed by atoms with van der Waals surface area (Å²) >= 11 is 0. The van der Waals surface area contributed by atoms with E-state index < -0.39 is 10.1 Å². The highest BCUT2D eigenvalue weighted by molar-refractivity contribution is 7.86. The Bertz CT molecular complexity index is 436. The molecular formula is C7H6O5S. The third-order valence-electron chi connectivity index (χ3n) is 1.64. The van der Waals surface area contributed by atoms with Gasteiger partial charge in [-0.1, -0.05) is 6.07 Å². The molecule has 1 aromatic carbocycles. The number of para-hydroxylation sites is 1. The lowest BCUT2D eigenvalue weighted by atomic mass is 10.3. The lowest BCUT2D eigenvalue weighted by molar-refractivity contribution is 0.172. The van der Waals surface area contributed by atoms with Gasteiger partial charge in [0.15, 0.2) is 11.5 Å². The van der Waals surface area contributed by atoms with Crippen LogP contribution in [0.3, 0.4) is 0 Å². The first-order valence-corrected chi connectivity index (χ1v) is 4.89. The summed E-state index contributed by atoms with van der Waals surface area (Å²) in [5, 5.41) is 0. The van der Waals surface area contributed by atoms with Crippen LogP contribution in [0.2, 0.25) is 0 Å². The minimum Gasteiger partial charge on any atom is -0.454 e. The first-order chi connectivity index (χ1) is 6.09. The first-order valence-electron chi connectivity index (χ1n) is 3.45. The van der Waals surface area contributed by atoms with E-state index in [2.05, 4.69) is 0 Å². The number of hydrogen-bond donors (Lipinski definition) is 1. The highest BCUT2D eigenvalue weighted by Gasteiger charge is 2.24. The van der Waals surface area contributed by atoms with Crippen molar-refractivity contribution >= 4 is 10.1 Å². The Hall–Kier alpha value is -1.27. The van der Waals surface area contributed by atoms with E-state index in [4.69, 9.17) is 14.0 Å². The predicted molar refractivity (Wildman–Crippen MR) is 42.4 cm³/mol. The normalized spacial score (nSPS) is 14.5. The zero-order chi connectivity index (χ0) is 9.47. The smallest absolute Gasteiger partial charge is 0.298 e. The summed E-state index contributed by atoms with van der Waals surface area (Å²) < 4.78 is 40.2. The second kappa shape index (κ2) is 2.61. The summed E-state index contributed by atoms with van der Waals surface area (Å²) in [7, 11) is -4.23. The number of rotatable bonds is 1. The summed E-state index contributed by atoms with van der Waals surface area (Å²) in [5.41, 5.74) is 0. The van der Waals surface area contributed by atoms with Crippen molar-refractivity contribution in [1.29, 1.82) is 0 Å². The molecule has 0 fully saturated rings. The zero-order valence-electron chi connectivity index (χ0n) is 6.43. The van der Waals surface area contributed by atoms with Crippen LogP contribution in [0.1, 0.15) is 0 Å². The average Bonchev–Trinajstić information content (AvgIpc) is 2.48. The summed E-state index contributed by atoms with van der Waals surface area (Å²) in [6.45, 7) is -0.0259. The summed E-state index contributed by atoms with van der Waals surface area (Å²) in [5.74, 6) is 0.403. The fourth-order valence-corrected chi connectivity index (χ4v) is 1.75. The molecule has 0 aliphatic carbocycles. The molecule has 2 rings (SSSR count). The monoisotopic (exact) mass is 202 g/mol. The van der Waals surface area contributed by atoms with Crippen molar-refractivity contribution in [2.24, 2.45) is 0 Å².